The van der Waals surface area contributed by atoms with E-state index in [0.29, 0.717) is 11.6 Å². The van der Waals surface area contributed by atoms with Gasteiger partial charge in [-0.25, -0.2) is 0 Å². The molecule has 24 heavy (non-hydrogen) atoms. The molecule has 5 heteroatoms. The highest BCUT2D eigenvalue weighted by Gasteiger charge is 2.10. The lowest BCUT2D eigenvalue weighted by atomic mass is 10.1. The highest BCUT2D eigenvalue weighted by Crippen LogP contribution is 2.28. The Hall–Kier alpha value is -2.04. The molecule has 0 radical (unpaired) electrons. The van der Waals surface area contributed by atoms with Crippen molar-refractivity contribution in [2.45, 2.75) is 26.8 Å². The van der Waals surface area contributed by atoms with Gasteiger partial charge in [-0.15, -0.1) is 0 Å². The molecule has 126 valence electrons. The van der Waals surface area contributed by atoms with Crippen LogP contribution in [0, 0.1) is 13.8 Å². The van der Waals surface area contributed by atoms with E-state index in [1.807, 2.05) is 48.1 Å². The van der Waals surface area contributed by atoms with Gasteiger partial charge in [0.2, 0.25) is 0 Å². The summed E-state index contributed by atoms with van der Waals surface area (Å²) in [7, 11) is 1.98. The van der Waals surface area contributed by atoms with E-state index in [-0.39, 0.29) is 0 Å². The van der Waals surface area contributed by atoms with Gasteiger partial charge in [-0.3, -0.25) is 4.68 Å². The average molecular weight is 344 g/mol. The summed E-state index contributed by atoms with van der Waals surface area (Å²) in [6.45, 7) is 5.75. The number of hydrogen-bond donors (Lipinski definition) is 1. The Labute approximate surface area is 147 Å². The Kier molecular flexibility index (Phi) is 5.07. The minimum Gasteiger partial charge on any atom is -0.460 e. The van der Waals surface area contributed by atoms with Crippen molar-refractivity contribution >= 4 is 11.6 Å². The highest BCUT2D eigenvalue weighted by molar-refractivity contribution is 6.33. The van der Waals surface area contributed by atoms with Crippen molar-refractivity contribution < 1.29 is 4.42 Å². The Morgan fingerprint density at radius 3 is 2.67 bits per heavy atom. The summed E-state index contributed by atoms with van der Waals surface area (Å²) >= 11 is 6.21. The predicted octanol–water partition coefficient (Wildman–Crippen LogP) is 4.28. The van der Waals surface area contributed by atoms with E-state index in [1.54, 1.807) is 0 Å². The van der Waals surface area contributed by atoms with Crippen LogP contribution in [-0.2, 0) is 20.0 Å². The second-order valence-electron chi connectivity index (χ2n) is 5.95. The van der Waals surface area contributed by atoms with Crippen LogP contribution in [0.5, 0.6) is 0 Å². The molecule has 0 aliphatic rings. The van der Waals surface area contributed by atoms with Crippen molar-refractivity contribution in [3.63, 3.8) is 0 Å². The first-order chi connectivity index (χ1) is 11.6. The van der Waals surface area contributed by atoms with Gasteiger partial charge < -0.3 is 9.73 Å². The van der Waals surface area contributed by atoms with Crippen molar-refractivity contribution in [3.05, 3.63) is 64.1 Å². The maximum Gasteiger partial charge on any atom is 0.135 e. The van der Waals surface area contributed by atoms with Crippen molar-refractivity contribution in [2.75, 3.05) is 6.54 Å². The molecule has 0 aliphatic carbocycles. The predicted molar refractivity (Wildman–Crippen MR) is 97.2 cm³/mol. The van der Waals surface area contributed by atoms with E-state index in [4.69, 9.17) is 16.0 Å². The molecule has 0 aliphatic heterocycles. The first-order valence-corrected chi connectivity index (χ1v) is 8.47. The number of benzene rings is 1. The van der Waals surface area contributed by atoms with Crippen molar-refractivity contribution in [3.8, 4) is 11.3 Å². The molecule has 2 aromatic heterocycles. The molecule has 3 rings (SSSR count). The van der Waals surface area contributed by atoms with Gasteiger partial charge in [-0.05, 0) is 56.6 Å². The van der Waals surface area contributed by atoms with E-state index in [9.17, 15) is 0 Å². The molecule has 0 atom stereocenters. The number of aryl methyl sites for hydroxylation is 2. The molecule has 4 nitrogen and oxygen atoms in total. The summed E-state index contributed by atoms with van der Waals surface area (Å²) < 4.78 is 7.83. The molecular formula is C19H22ClN3O. The molecule has 0 saturated heterocycles. The third-order valence-electron chi connectivity index (χ3n) is 4.31. The highest BCUT2D eigenvalue weighted by atomic mass is 35.5. The largest absolute Gasteiger partial charge is 0.460 e. The van der Waals surface area contributed by atoms with Gasteiger partial charge >= 0.3 is 0 Å². The SMILES string of the molecule is Cc1nn(C)c(C)c1CCNCc1ccc(-c2ccccc2Cl)o1. The lowest BCUT2D eigenvalue weighted by molar-refractivity contribution is 0.494. The molecule has 3 aromatic rings. The molecular weight excluding hydrogens is 322 g/mol. The zero-order valence-electron chi connectivity index (χ0n) is 14.3. The minimum atomic E-state index is 0.697. The zero-order chi connectivity index (χ0) is 17.1. The fourth-order valence-corrected chi connectivity index (χ4v) is 3.11. The summed E-state index contributed by atoms with van der Waals surface area (Å²) in [6.07, 6.45) is 0.962. The van der Waals surface area contributed by atoms with Gasteiger partial charge in [-0.2, -0.15) is 5.10 Å². The number of hydrogen-bond acceptors (Lipinski definition) is 3. The Morgan fingerprint density at radius 1 is 1.17 bits per heavy atom. The zero-order valence-corrected chi connectivity index (χ0v) is 15.0. The van der Waals surface area contributed by atoms with Crippen molar-refractivity contribution in [1.82, 2.24) is 15.1 Å². The van der Waals surface area contributed by atoms with Crippen LogP contribution < -0.4 is 5.32 Å². The maximum absolute atomic E-state index is 6.21. The number of nitrogens with one attached hydrogen (secondary N) is 1. The molecule has 0 bridgehead atoms. The van der Waals surface area contributed by atoms with Crippen LogP contribution in [0.3, 0.4) is 0 Å². The van der Waals surface area contributed by atoms with Crippen LogP contribution >= 0.6 is 11.6 Å². The van der Waals surface area contributed by atoms with E-state index in [1.165, 1.54) is 11.3 Å². The Balaban J connectivity index is 1.56. The lowest BCUT2D eigenvalue weighted by Gasteiger charge is -2.04. The molecule has 0 saturated carbocycles. The normalized spacial score (nSPS) is 11.2. The third-order valence-corrected chi connectivity index (χ3v) is 4.64. The van der Waals surface area contributed by atoms with Gasteiger partial charge in [0.15, 0.2) is 0 Å². The minimum absolute atomic E-state index is 0.697. The maximum atomic E-state index is 6.21. The molecule has 2 heterocycles. The van der Waals surface area contributed by atoms with E-state index in [0.717, 1.165) is 35.7 Å². The Bertz CT molecular complexity index is 835. The van der Waals surface area contributed by atoms with Crippen LogP contribution in [0.4, 0.5) is 0 Å². The van der Waals surface area contributed by atoms with Crippen molar-refractivity contribution in [2.24, 2.45) is 7.05 Å². The van der Waals surface area contributed by atoms with Gasteiger partial charge in [0, 0.05) is 18.3 Å². The molecule has 0 unspecified atom stereocenters. The average Bonchev–Trinajstić information content (AvgIpc) is 3.11. The standard InChI is InChI=1S/C19H22ClN3O/c1-13-16(14(2)23(3)22-13)10-11-21-12-15-8-9-19(24-15)17-6-4-5-7-18(17)20/h4-9,21H,10-12H2,1-3H3. The van der Waals surface area contributed by atoms with E-state index >= 15 is 0 Å². The van der Waals surface area contributed by atoms with Gasteiger partial charge in [0.05, 0.1) is 17.3 Å². The quantitative estimate of drug-likeness (QED) is 0.679. The fourth-order valence-electron chi connectivity index (χ4n) is 2.88. The first-order valence-electron chi connectivity index (χ1n) is 8.09. The second-order valence-corrected chi connectivity index (χ2v) is 6.35. The van der Waals surface area contributed by atoms with E-state index in [2.05, 4.69) is 24.3 Å². The monoisotopic (exact) mass is 343 g/mol. The topological polar surface area (TPSA) is 43.0 Å². The smallest absolute Gasteiger partial charge is 0.135 e. The summed E-state index contributed by atoms with van der Waals surface area (Å²) in [4.78, 5) is 0. The van der Waals surface area contributed by atoms with Crippen LogP contribution in [0.1, 0.15) is 22.7 Å². The van der Waals surface area contributed by atoms with Crippen LogP contribution in [0.25, 0.3) is 11.3 Å². The molecule has 0 amide bonds. The number of halogens is 1. The van der Waals surface area contributed by atoms with Crippen molar-refractivity contribution in [1.29, 1.82) is 0 Å². The summed E-state index contributed by atoms with van der Waals surface area (Å²) in [5, 5.41) is 8.58. The summed E-state index contributed by atoms with van der Waals surface area (Å²) in [5.41, 5.74) is 4.58. The second kappa shape index (κ2) is 7.24. The summed E-state index contributed by atoms with van der Waals surface area (Å²) in [6, 6.07) is 11.7. The number of furan rings is 1. The fraction of sp³-hybridized carbons (Fsp3) is 0.316. The van der Waals surface area contributed by atoms with Gasteiger partial charge in [0.25, 0.3) is 0 Å². The first kappa shape index (κ1) is 16.8. The number of nitrogens with zero attached hydrogens (tertiary/aromatic N) is 2. The third kappa shape index (κ3) is 3.55. The number of aromatic nitrogens is 2. The van der Waals surface area contributed by atoms with Gasteiger partial charge in [0.1, 0.15) is 11.5 Å². The van der Waals surface area contributed by atoms with Gasteiger partial charge in [-0.1, -0.05) is 23.7 Å². The van der Waals surface area contributed by atoms with E-state index < -0.39 is 0 Å². The Morgan fingerprint density at radius 2 is 1.96 bits per heavy atom. The molecule has 1 N–H and O–H groups in total. The lowest BCUT2D eigenvalue weighted by Crippen LogP contribution is -2.16. The van der Waals surface area contributed by atoms with Crippen LogP contribution in [0.2, 0.25) is 5.02 Å². The summed E-state index contributed by atoms with van der Waals surface area (Å²) in [5.74, 6) is 1.71. The van der Waals surface area contributed by atoms with Crippen LogP contribution in [0.15, 0.2) is 40.8 Å². The number of rotatable bonds is 6. The van der Waals surface area contributed by atoms with Crippen LogP contribution in [-0.4, -0.2) is 16.3 Å². The molecule has 0 fully saturated rings. The molecule has 1 aromatic carbocycles. The molecule has 0 spiro atoms.